The van der Waals surface area contributed by atoms with Crippen LogP contribution in [-0.4, -0.2) is 16.1 Å². The molecule has 0 amide bonds. The summed E-state index contributed by atoms with van der Waals surface area (Å²) in [4.78, 5) is 14.7. The Morgan fingerprint density at radius 3 is 2.76 bits per heavy atom. The average molecular weight is 231 g/mol. The molecule has 0 fully saturated rings. The molecule has 1 N–H and O–H groups in total. The number of benzene rings is 1. The van der Waals surface area contributed by atoms with Crippen LogP contribution in [0, 0.1) is 12.7 Å². The minimum Gasteiger partial charge on any atom is -0.478 e. The van der Waals surface area contributed by atoms with E-state index in [2.05, 4.69) is 4.98 Å². The van der Waals surface area contributed by atoms with Crippen LogP contribution in [0.25, 0.3) is 11.1 Å². The van der Waals surface area contributed by atoms with Gasteiger partial charge in [-0.1, -0.05) is 6.07 Å². The standard InChI is InChI=1S/C13H10FNO2/c1-8-2-3-11(14)5-12(8)9-4-10(13(16)17)7-15-6-9/h2-7H,1H3,(H,16,17). The van der Waals surface area contributed by atoms with Crippen molar-refractivity contribution >= 4 is 5.97 Å². The predicted molar refractivity (Wildman–Crippen MR) is 61.3 cm³/mol. The normalized spacial score (nSPS) is 10.2. The average Bonchev–Trinajstić information content (AvgIpc) is 2.32. The summed E-state index contributed by atoms with van der Waals surface area (Å²) in [5.41, 5.74) is 2.21. The quantitative estimate of drug-likeness (QED) is 0.864. The zero-order valence-corrected chi connectivity index (χ0v) is 9.14. The molecule has 0 aliphatic carbocycles. The Hall–Kier alpha value is -2.23. The van der Waals surface area contributed by atoms with Gasteiger partial charge in [-0.2, -0.15) is 0 Å². The van der Waals surface area contributed by atoms with Gasteiger partial charge in [0.05, 0.1) is 5.56 Å². The summed E-state index contributed by atoms with van der Waals surface area (Å²) >= 11 is 0. The fraction of sp³-hybridized carbons (Fsp3) is 0.0769. The molecule has 0 saturated carbocycles. The summed E-state index contributed by atoms with van der Waals surface area (Å²) in [5.74, 6) is -1.40. The first-order valence-electron chi connectivity index (χ1n) is 5.03. The van der Waals surface area contributed by atoms with E-state index in [0.29, 0.717) is 11.1 Å². The van der Waals surface area contributed by atoms with Crippen LogP contribution in [0.3, 0.4) is 0 Å². The van der Waals surface area contributed by atoms with Crippen LogP contribution in [0.4, 0.5) is 4.39 Å². The van der Waals surface area contributed by atoms with Gasteiger partial charge in [0.15, 0.2) is 0 Å². The van der Waals surface area contributed by atoms with Crippen molar-refractivity contribution in [3.8, 4) is 11.1 Å². The first-order chi connectivity index (χ1) is 8.08. The number of aryl methyl sites for hydroxylation is 1. The lowest BCUT2D eigenvalue weighted by molar-refractivity contribution is 0.0696. The minimum absolute atomic E-state index is 0.0890. The van der Waals surface area contributed by atoms with Gasteiger partial charge in [0.1, 0.15) is 5.82 Å². The molecule has 4 heteroatoms. The molecular formula is C13H10FNO2. The number of pyridine rings is 1. The van der Waals surface area contributed by atoms with Crippen LogP contribution in [0.15, 0.2) is 36.7 Å². The van der Waals surface area contributed by atoms with Crippen molar-refractivity contribution < 1.29 is 14.3 Å². The van der Waals surface area contributed by atoms with Crippen LogP contribution in [0.5, 0.6) is 0 Å². The molecule has 86 valence electrons. The van der Waals surface area contributed by atoms with Gasteiger partial charge in [0.2, 0.25) is 0 Å². The zero-order valence-electron chi connectivity index (χ0n) is 9.14. The number of carbonyl (C=O) groups is 1. The summed E-state index contributed by atoms with van der Waals surface area (Å²) in [6.45, 7) is 1.84. The number of carboxylic acids is 1. The third-order valence-corrected chi connectivity index (χ3v) is 2.50. The molecule has 1 heterocycles. The topological polar surface area (TPSA) is 50.2 Å². The lowest BCUT2D eigenvalue weighted by Gasteiger charge is -2.06. The van der Waals surface area contributed by atoms with Gasteiger partial charge in [-0.05, 0) is 36.2 Å². The minimum atomic E-state index is -1.05. The molecule has 0 aliphatic heterocycles. The number of aromatic carboxylic acids is 1. The van der Waals surface area contributed by atoms with Gasteiger partial charge < -0.3 is 5.11 Å². The molecule has 17 heavy (non-hydrogen) atoms. The number of nitrogens with zero attached hydrogens (tertiary/aromatic N) is 1. The number of hydrogen-bond acceptors (Lipinski definition) is 2. The maximum atomic E-state index is 13.2. The Bertz CT molecular complexity index is 581. The van der Waals surface area contributed by atoms with Crippen molar-refractivity contribution in [1.82, 2.24) is 4.98 Å². The predicted octanol–water partition coefficient (Wildman–Crippen LogP) is 2.89. The first-order valence-corrected chi connectivity index (χ1v) is 5.03. The molecule has 0 radical (unpaired) electrons. The molecule has 0 aliphatic rings. The Morgan fingerprint density at radius 1 is 1.29 bits per heavy atom. The van der Waals surface area contributed by atoms with Gasteiger partial charge in [-0.25, -0.2) is 9.18 Å². The van der Waals surface area contributed by atoms with Gasteiger partial charge in [-0.3, -0.25) is 4.98 Å². The number of hydrogen-bond donors (Lipinski definition) is 1. The van der Waals surface area contributed by atoms with Crippen LogP contribution in [-0.2, 0) is 0 Å². The molecule has 3 nitrogen and oxygen atoms in total. The number of carboxylic acid groups (broad SMARTS) is 1. The third kappa shape index (κ3) is 2.30. The monoisotopic (exact) mass is 231 g/mol. The Morgan fingerprint density at radius 2 is 2.06 bits per heavy atom. The Labute approximate surface area is 97.6 Å². The fourth-order valence-electron chi connectivity index (χ4n) is 1.61. The summed E-state index contributed by atoms with van der Waals surface area (Å²) in [7, 11) is 0. The second kappa shape index (κ2) is 4.33. The fourth-order valence-corrected chi connectivity index (χ4v) is 1.61. The Kier molecular flexibility index (Phi) is 2.87. The number of halogens is 1. The maximum Gasteiger partial charge on any atom is 0.337 e. The van der Waals surface area contributed by atoms with E-state index in [9.17, 15) is 9.18 Å². The SMILES string of the molecule is Cc1ccc(F)cc1-c1cncc(C(=O)O)c1. The summed E-state index contributed by atoms with van der Waals surface area (Å²) in [6, 6.07) is 5.88. The van der Waals surface area contributed by atoms with E-state index < -0.39 is 5.97 Å². The van der Waals surface area contributed by atoms with Crippen molar-refractivity contribution in [3.05, 3.63) is 53.6 Å². The molecule has 0 bridgehead atoms. The lowest BCUT2D eigenvalue weighted by atomic mass is 10.0. The van der Waals surface area contributed by atoms with Gasteiger partial charge in [-0.15, -0.1) is 0 Å². The highest BCUT2D eigenvalue weighted by Crippen LogP contribution is 2.24. The largest absolute Gasteiger partial charge is 0.478 e. The summed E-state index contributed by atoms with van der Waals surface area (Å²) < 4.78 is 13.2. The van der Waals surface area contributed by atoms with Crippen molar-refractivity contribution in [2.75, 3.05) is 0 Å². The van der Waals surface area contributed by atoms with E-state index in [0.717, 1.165) is 5.56 Å². The highest BCUT2D eigenvalue weighted by molar-refractivity contribution is 5.89. The second-order valence-electron chi connectivity index (χ2n) is 3.73. The molecule has 2 aromatic rings. The van der Waals surface area contributed by atoms with Gasteiger partial charge >= 0.3 is 5.97 Å². The van der Waals surface area contributed by atoms with Crippen molar-refractivity contribution in [3.63, 3.8) is 0 Å². The van der Waals surface area contributed by atoms with Gasteiger partial charge in [0.25, 0.3) is 0 Å². The molecular weight excluding hydrogens is 221 g/mol. The molecule has 1 aromatic carbocycles. The van der Waals surface area contributed by atoms with E-state index in [1.807, 2.05) is 6.92 Å². The molecule has 2 rings (SSSR count). The smallest absolute Gasteiger partial charge is 0.337 e. The van der Waals surface area contributed by atoms with Crippen molar-refractivity contribution in [2.45, 2.75) is 6.92 Å². The summed E-state index contributed by atoms with van der Waals surface area (Å²) in [6.07, 6.45) is 2.79. The summed E-state index contributed by atoms with van der Waals surface area (Å²) in [5, 5.41) is 8.87. The zero-order chi connectivity index (χ0) is 12.4. The van der Waals surface area contributed by atoms with Crippen LogP contribution < -0.4 is 0 Å². The maximum absolute atomic E-state index is 13.2. The van der Waals surface area contributed by atoms with E-state index in [1.165, 1.54) is 30.6 Å². The second-order valence-corrected chi connectivity index (χ2v) is 3.73. The van der Waals surface area contributed by atoms with Crippen LogP contribution in [0.1, 0.15) is 15.9 Å². The van der Waals surface area contributed by atoms with E-state index in [-0.39, 0.29) is 11.4 Å². The van der Waals surface area contributed by atoms with Crippen molar-refractivity contribution in [2.24, 2.45) is 0 Å². The first kappa shape index (κ1) is 11.3. The highest BCUT2D eigenvalue weighted by atomic mass is 19.1. The molecule has 0 atom stereocenters. The lowest BCUT2D eigenvalue weighted by Crippen LogP contribution is -1.97. The molecule has 0 unspecified atom stereocenters. The third-order valence-electron chi connectivity index (χ3n) is 2.50. The number of aromatic nitrogens is 1. The Balaban J connectivity index is 2.56. The molecule has 0 saturated heterocycles. The van der Waals surface area contributed by atoms with Crippen molar-refractivity contribution in [1.29, 1.82) is 0 Å². The van der Waals surface area contributed by atoms with E-state index >= 15 is 0 Å². The number of rotatable bonds is 2. The van der Waals surface area contributed by atoms with Crippen LogP contribution >= 0.6 is 0 Å². The highest BCUT2D eigenvalue weighted by Gasteiger charge is 2.08. The van der Waals surface area contributed by atoms with Crippen LogP contribution in [0.2, 0.25) is 0 Å². The van der Waals surface area contributed by atoms with E-state index in [4.69, 9.17) is 5.11 Å². The van der Waals surface area contributed by atoms with Gasteiger partial charge in [0, 0.05) is 18.0 Å². The van der Waals surface area contributed by atoms with E-state index in [1.54, 1.807) is 6.07 Å². The molecule has 1 aromatic heterocycles. The molecule has 0 spiro atoms.